The second kappa shape index (κ2) is 10.6. The molecule has 2 aromatic carbocycles. The van der Waals surface area contributed by atoms with E-state index < -0.39 is 12.0 Å². The molecule has 1 heterocycles. The first-order valence-corrected chi connectivity index (χ1v) is 11.3. The number of rotatable bonds is 7. The van der Waals surface area contributed by atoms with E-state index in [0.29, 0.717) is 18.5 Å². The Balaban J connectivity index is 1.37. The number of amides is 2. The van der Waals surface area contributed by atoms with Crippen molar-refractivity contribution in [1.82, 2.24) is 15.7 Å². The van der Waals surface area contributed by atoms with E-state index in [9.17, 15) is 18.8 Å². The maximum absolute atomic E-state index is 13.2. The standard InChI is InChI=1S/C25H28FN3O4/c26-20-12-10-17(11-13-20)14-22-24(31)29(16-23(30)27-22)15-19-8-4-5-9-21(19)28-33-25(32)18-6-2-1-3-7-18/h1-3,6-7,10-13,19,21-22,28H,4-5,8-9,14-16H2,(H,27,30)/t19-,21+,22-/m0/s1. The first-order valence-electron chi connectivity index (χ1n) is 11.3. The molecular formula is C25H28FN3O4. The highest BCUT2D eigenvalue weighted by Gasteiger charge is 2.36. The monoisotopic (exact) mass is 453 g/mol. The van der Waals surface area contributed by atoms with Crippen LogP contribution in [0, 0.1) is 11.7 Å². The van der Waals surface area contributed by atoms with Crippen molar-refractivity contribution < 1.29 is 23.6 Å². The summed E-state index contributed by atoms with van der Waals surface area (Å²) < 4.78 is 13.2. The van der Waals surface area contributed by atoms with Crippen molar-refractivity contribution in [1.29, 1.82) is 0 Å². The van der Waals surface area contributed by atoms with Crippen LogP contribution in [-0.4, -0.2) is 47.9 Å². The molecule has 2 fully saturated rings. The van der Waals surface area contributed by atoms with E-state index in [4.69, 9.17) is 4.84 Å². The van der Waals surface area contributed by atoms with E-state index >= 15 is 0 Å². The fraction of sp³-hybridized carbons (Fsp3) is 0.400. The van der Waals surface area contributed by atoms with Crippen molar-refractivity contribution >= 4 is 17.8 Å². The van der Waals surface area contributed by atoms with E-state index in [2.05, 4.69) is 10.8 Å². The molecule has 1 aliphatic heterocycles. The van der Waals surface area contributed by atoms with Gasteiger partial charge in [-0.25, -0.2) is 9.18 Å². The van der Waals surface area contributed by atoms with Gasteiger partial charge in [0.2, 0.25) is 11.8 Å². The third kappa shape index (κ3) is 5.96. The van der Waals surface area contributed by atoms with Gasteiger partial charge in [-0.3, -0.25) is 9.59 Å². The molecule has 0 aromatic heterocycles. The van der Waals surface area contributed by atoms with Gasteiger partial charge in [0.1, 0.15) is 11.9 Å². The van der Waals surface area contributed by atoms with Crippen molar-refractivity contribution in [3.8, 4) is 0 Å². The van der Waals surface area contributed by atoms with Gasteiger partial charge in [-0.1, -0.05) is 43.2 Å². The van der Waals surface area contributed by atoms with E-state index in [0.717, 1.165) is 31.2 Å². The summed E-state index contributed by atoms with van der Waals surface area (Å²) in [6.45, 7) is 0.415. The molecule has 1 saturated heterocycles. The maximum Gasteiger partial charge on any atom is 0.356 e. The number of benzene rings is 2. The van der Waals surface area contributed by atoms with Gasteiger partial charge >= 0.3 is 5.97 Å². The van der Waals surface area contributed by atoms with Crippen LogP contribution in [0.1, 0.15) is 41.6 Å². The first-order chi connectivity index (χ1) is 16.0. The summed E-state index contributed by atoms with van der Waals surface area (Å²) in [4.78, 5) is 44.7. The summed E-state index contributed by atoms with van der Waals surface area (Å²) in [5.74, 6) is -1.10. The average Bonchev–Trinajstić information content (AvgIpc) is 2.83. The number of halogens is 1. The van der Waals surface area contributed by atoms with Crippen LogP contribution in [0.25, 0.3) is 0 Å². The zero-order chi connectivity index (χ0) is 23.2. The predicted octanol–water partition coefficient (Wildman–Crippen LogP) is 2.62. The fourth-order valence-electron chi connectivity index (χ4n) is 4.55. The molecule has 2 amide bonds. The van der Waals surface area contributed by atoms with Gasteiger partial charge < -0.3 is 15.1 Å². The Morgan fingerprint density at radius 2 is 1.79 bits per heavy atom. The molecule has 174 valence electrons. The Hall–Kier alpha value is -3.26. The number of piperazine rings is 1. The number of carbonyl (C=O) groups is 3. The van der Waals surface area contributed by atoms with Crippen molar-refractivity contribution in [2.45, 2.75) is 44.2 Å². The highest BCUT2D eigenvalue weighted by Crippen LogP contribution is 2.26. The van der Waals surface area contributed by atoms with Crippen LogP contribution >= 0.6 is 0 Å². The highest BCUT2D eigenvalue weighted by molar-refractivity contribution is 5.95. The van der Waals surface area contributed by atoms with Crippen LogP contribution in [0.4, 0.5) is 4.39 Å². The minimum atomic E-state index is -0.678. The largest absolute Gasteiger partial charge is 0.366 e. The van der Waals surface area contributed by atoms with E-state index in [1.165, 1.54) is 12.1 Å². The molecule has 0 spiro atoms. The van der Waals surface area contributed by atoms with E-state index in [1.807, 2.05) is 6.07 Å². The predicted molar refractivity (Wildman–Crippen MR) is 119 cm³/mol. The van der Waals surface area contributed by atoms with Crippen molar-refractivity contribution in [2.24, 2.45) is 5.92 Å². The molecule has 0 bridgehead atoms. The average molecular weight is 454 g/mol. The van der Waals surface area contributed by atoms with Crippen molar-refractivity contribution in [2.75, 3.05) is 13.1 Å². The van der Waals surface area contributed by atoms with Crippen LogP contribution in [-0.2, 0) is 20.8 Å². The molecule has 7 nitrogen and oxygen atoms in total. The summed E-state index contributed by atoms with van der Waals surface area (Å²) in [6, 6.07) is 13.9. The Kier molecular flexibility index (Phi) is 7.34. The summed E-state index contributed by atoms with van der Waals surface area (Å²) >= 11 is 0. The minimum Gasteiger partial charge on any atom is -0.366 e. The van der Waals surface area contributed by atoms with Gasteiger partial charge in [0.05, 0.1) is 12.1 Å². The lowest BCUT2D eigenvalue weighted by atomic mass is 9.84. The summed E-state index contributed by atoms with van der Waals surface area (Å²) in [5, 5.41) is 2.76. The van der Waals surface area contributed by atoms with Crippen LogP contribution in [0.5, 0.6) is 0 Å². The minimum absolute atomic E-state index is 0.00573. The summed E-state index contributed by atoms with van der Waals surface area (Å²) in [6.07, 6.45) is 4.01. The van der Waals surface area contributed by atoms with Crippen molar-refractivity contribution in [3.05, 3.63) is 71.5 Å². The lowest BCUT2D eigenvalue weighted by molar-refractivity contribution is -0.145. The smallest absolute Gasteiger partial charge is 0.356 e. The Morgan fingerprint density at radius 1 is 1.06 bits per heavy atom. The molecule has 4 rings (SSSR count). The second-order valence-corrected chi connectivity index (χ2v) is 8.69. The lowest BCUT2D eigenvalue weighted by Crippen LogP contribution is -2.60. The number of nitrogens with zero attached hydrogens (tertiary/aromatic N) is 1. The highest BCUT2D eigenvalue weighted by atomic mass is 19.1. The van der Waals surface area contributed by atoms with Crippen molar-refractivity contribution in [3.63, 3.8) is 0 Å². The molecular weight excluding hydrogens is 425 g/mol. The maximum atomic E-state index is 13.2. The molecule has 2 aromatic rings. The van der Waals surface area contributed by atoms with Crippen LogP contribution in [0.15, 0.2) is 54.6 Å². The quantitative estimate of drug-likeness (QED) is 0.630. The molecule has 2 aliphatic rings. The van der Waals surface area contributed by atoms with Crippen LogP contribution < -0.4 is 10.8 Å². The third-order valence-corrected chi connectivity index (χ3v) is 6.31. The second-order valence-electron chi connectivity index (χ2n) is 8.69. The third-order valence-electron chi connectivity index (χ3n) is 6.31. The molecule has 3 atom stereocenters. The number of hydroxylamine groups is 1. The normalized spacial score (nSPS) is 23.2. The number of carbonyl (C=O) groups excluding carboxylic acids is 3. The lowest BCUT2D eigenvalue weighted by Gasteiger charge is -2.38. The van der Waals surface area contributed by atoms with Gasteiger partial charge in [-0.15, -0.1) is 5.48 Å². The fourth-order valence-corrected chi connectivity index (χ4v) is 4.55. The Labute approximate surface area is 192 Å². The number of hydrogen-bond acceptors (Lipinski definition) is 5. The summed E-state index contributed by atoms with van der Waals surface area (Å²) in [7, 11) is 0. The van der Waals surface area contributed by atoms with Gasteiger partial charge in [-0.05, 0) is 48.6 Å². The number of hydrogen-bond donors (Lipinski definition) is 2. The van der Waals surface area contributed by atoms with E-state index in [1.54, 1.807) is 41.3 Å². The van der Waals surface area contributed by atoms with Crippen LogP contribution in [0.2, 0.25) is 0 Å². The molecule has 1 saturated carbocycles. The van der Waals surface area contributed by atoms with Gasteiger partial charge in [-0.2, -0.15) is 0 Å². The number of nitrogens with one attached hydrogen (secondary N) is 2. The topological polar surface area (TPSA) is 87.7 Å². The molecule has 1 aliphatic carbocycles. The van der Waals surface area contributed by atoms with Gasteiger partial charge in [0.15, 0.2) is 0 Å². The molecule has 2 N–H and O–H groups in total. The zero-order valence-corrected chi connectivity index (χ0v) is 18.3. The van der Waals surface area contributed by atoms with Gasteiger partial charge in [0.25, 0.3) is 0 Å². The van der Waals surface area contributed by atoms with Crippen LogP contribution in [0.3, 0.4) is 0 Å². The van der Waals surface area contributed by atoms with E-state index in [-0.39, 0.29) is 36.1 Å². The first kappa shape index (κ1) is 22.9. The Bertz CT molecular complexity index is 983. The zero-order valence-electron chi connectivity index (χ0n) is 18.3. The SMILES string of the molecule is O=C1CN(C[C@@H]2CCCC[C@H]2NOC(=O)c2ccccc2)C(=O)[C@H](Cc2ccc(F)cc2)N1. The summed E-state index contributed by atoms with van der Waals surface area (Å²) in [5.41, 5.74) is 4.16. The molecule has 8 heteroatoms. The molecule has 0 radical (unpaired) electrons. The van der Waals surface area contributed by atoms with Gasteiger partial charge in [0, 0.05) is 19.0 Å². The Morgan fingerprint density at radius 3 is 2.55 bits per heavy atom. The molecule has 0 unspecified atom stereocenters. The molecule has 33 heavy (non-hydrogen) atoms.